The van der Waals surface area contributed by atoms with Gasteiger partial charge in [-0.3, -0.25) is 9.59 Å². The van der Waals surface area contributed by atoms with Crippen molar-refractivity contribution in [1.29, 1.82) is 0 Å². The number of amides is 1. The van der Waals surface area contributed by atoms with E-state index < -0.39 is 12.1 Å². The van der Waals surface area contributed by atoms with E-state index in [2.05, 4.69) is 55.6 Å². The first-order chi connectivity index (χ1) is 34.0. The molecule has 6 nitrogen and oxygen atoms in total. The molecule has 0 aromatic rings. The van der Waals surface area contributed by atoms with Gasteiger partial charge >= 0.3 is 5.97 Å². The Hall–Kier alpha value is -2.18. The van der Waals surface area contributed by atoms with Crippen molar-refractivity contribution in [2.75, 3.05) is 13.2 Å². The first kappa shape index (κ1) is 66.8. The molecule has 0 fully saturated rings. The molecular formula is C63H117NO5. The summed E-state index contributed by atoms with van der Waals surface area (Å²) in [6, 6.07) is -0.629. The van der Waals surface area contributed by atoms with Crippen LogP contribution in [-0.2, 0) is 14.3 Å². The van der Waals surface area contributed by atoms with Crippen LogP contribution in [0.25, 0.3) is 0 Å². The van der Waals surface area contributed by atoms with Crippen molar-refractivity contribution < 1.29 is 24.5 Å². The minimum absolute atomic E-state index is 0.00772. The zero-order chi connectivity index (χ0) is 50.0. The average Bonchev–Trinajstić information content (AvgIpc) is 3.35. The monoisotopic (exact) mass is 968 g/mol. The van der Waals surface area contributed by atoms with Crippen molar-refractivity contribution in [3.63, 3.8) is 0 Å². The number of unbranched alkanes of at least 4 members (excludes halogenated alkanes) is 39. The molecule has 0 aliphatic carbocycles. The van der Waals surface area contributed by atoms with Gasteiger partial charge in [0.05, 0.1) is 25.4 Å². The molecular weight excluding hydrogens is 851 g/mol. The minimum Gasteiger partial charge on any atom is -0.466 e. The summed E-state index contributed by atoms with van der Waals surface area (Å²) >= 11 is 0. The molecule has 3 N–H and O–H groups in total. The first-order valence-electron chi connectivity index (χ1n) is 30.4. The summed E-state index contributed by atoms with van der Waals surface area (Å²) < 4.78 is 5.50. The number of nitrogens with one attached hydrogen (secondary N) is 1. The predicted octanol–water partition coefficient (Wildman–Crippen LogP) is 19.0. The molecule has 0 saturated carbocycles. The minimum atomic E-state index is -0.845. The van der Waals surface area contributed by atoms with Gasteiger partial charge in [-0.2, -0.15) is 0 Å². The second kappa shape index (κ2) is 58.4. The van der Waals surface area contributed by atoms with Gasteiger partial charge in [0.1, 0.15) is 0 Å². The molecule has 0 aliphatic heterocycles. The van der Waals surface area contributed by atoms with E-state index in [1.165, 1.54) is 238 Å². The zero-order valence-corrected chi connectivity index (χ0v) is 46.0. The first-order valence-corrected chi connectivity index (χ1v) is 30.4. The molecule has 0 radical (unpaired) electrons. The summed E-state index contributed by atoms with van der Waals surface area (Å²) in [6.07, 6.45) is 74.4. The number of esters is 1. The number of carbonyl (C=O) groups is 2. The Kier molecular flexibility index (Phi) is 56.5. The molecule has 404 valence electrons. The van der Waals surface area contributed by atoms with Crippen LogP contribution in [0.1, 0.15) is 316 Å². The van der Waals surface area contributed by atoms with E-state index in [-0.39, 0.29) is 18.5 Å². The van der Waals surface area contributed by atoms with Crippen LogP contribution in [0, 0.1) is 0 Å². The van der Waals surface area contributed by atoms with Crippen LogP contribution in [0.4, 0.5) is 0 Å². The van der Waals surface area contributed by atoms with E-state index in [0.29, 0.717) is 19.4 Å². The molecule has 0 aliphatic rings. The molecule has 0 rings (SSSR count). The number of aliphatic hydroxyl groups is 2. The quantitative estimate of drug-likeness (QED) is 0.0321. The fraction of sp³-hybridized carbons (Fsp3) is 0.841. The fourth-order valence-electron chi connectivity index (χ4n) is 9.13. The van der Waals surface area contributed by atoms with E-state index in [4.69, 9.17) is 4.74 Å². The number of carbonyl (C=O) groups excluding carboxylic acids is 2. The van der Waals surface area contributed by atoms with Gasteiger partial charge in [0.2, 0.25) is 5.91 Å². The number of hydrogen-bond acceptors (Lipinski definition) is 5. The molecule has 0 saturated heterocycles. The van der Waals surface area contributed by atoms with Crippen molar-refractivity contribution in [3.05, 3.63) is 48.6 Å². The van der Waals surface area contributed by atoms with Crippen molar-refractivity contribution in [3.8, 4) is 0 Å². The van der Waals surface area contributed by atoms with Gasteiger partial charge in [0, 0.05) is 12.8 Å². The van der Waals surface area contributed by atoms with Gasteiger partial charge in [-0.25, -0.2) is 0 Å². The summed E-state index contributed by atoms with van der Waals surface area (Å²) in [4.78, 5) is 24.5. The van der Waals surface area contributed by atoms with Gasteiger partial charge < -0.3 is 20.3 Å². The maximum Gasteiger partial charge on any atom is 0.305 e. The van der Waals surface area contributed by atoms with E-state index in [1.807, 2.05) is 6.08 Å². The van der Waals surface area contributed by atoms with Crippen LogP contribution in [0.5, 0.6) is 0 Å². The molecule has 0 aromatic heterocycles. The molecule has 69 heavy (non-hydrogen) atoms. The van der Waals surface area contributed by atoms with Crippen LogP contribution in [0.2, 0.25) is 0 Å². The van der Waals surface area contributed by atoms with Gasteiger partial charge in [-0.1, -0.05) is 262 Å². The number of rotatable bonds is 56. The topological polar surface area (TPSA) is 95.9 Å². The van der Waals surface area contributed by atoms with Gasteiger partial charge in [0.25, 0.3) is 0 Å². The normalized spacial score (nSPS) is 12.9. The molecule has 6 heteroatoms. The summed E-state index contributed by atoms with van der Waals surface area (Å²) in [7, 11) is 0. The second-order valence-corrected chi connectivity index (χ2v) is 20.7. The molecule has 1 amide bonds. The highest BCUT2D eigenvalue weighted by Gasteiger charge is 2.18. The summed E-state index contributed by atoms with van der Waals surface area (Å²) in [5.41, 5.74) is 0. The third-order valence-electron chi connectivity index (χ3n) is 13.8. The van der Waals surface area contributed by atoms with Gasteiger partial charge in [0.15, 0.2) is 0 Å². The highest BCUT2D eigenvalue weighted by Crippen LogP contribution is 2.16. The van der Waals surface area contributed by atoms with Crippen molar-refractivity contribution in [1.82, 2.24) is 5.32 Å². The lowest BCUT2D eigenvalue weighted by Gasteiger charge is -2.20. The molecule has 0 bridgehead atoms. The third kappa shape index (κ3) is 55.0. The van der Waals surface area contributed by atoms with E-state index in [9.17, 15) is 19.8 Å². The SMILES string of the molecule is CCCCC/C=C\C/C=C\CCCCCCCCCCCC(=O)OCCCCCCCCCCCCCC/C=C\CCCCCCCCCCC(=O)NC(CO)C(O)/C=C/CCCCCCCCC. The van der Waals surface area contributed by atoms with Crippen LogP contribution >= 0.6 is 0 Å². The number of aliphatic hydroxyl groups excluding tert-OH is 2. The Balaban J connectivity index is 3.38. The molecule has 2 unspecified atom stereocenters. The second-order valence-electron chi connectivity index (χ2n) is 20.7. The molecule has 2 atom stereocenters. The largest absolute Gasteiger partial charge is 0.466 e. The number of allylic oxidation sites excluding steroid dienone is 7. The lowest BCUT2D eigenvalue weighted by molar-refractivity contribution is -0.143. The summed E-state index contributed by atoms with van der Waals surface area (Å²) in [5.74, 6) is -0.0678. The molecule has 0 aromatic carbocycles. The Morgan fingerprint density at radius 3 is 1.14 bits per heavy atom. The van der Waals surface area contributed by atoms with Crippen LogP contribution in [0.3, 0.4) is 0 Å². The van der Waals surface area contributed by atoms with Crippen molar-refractivity contribution in [2.24, 2.45) is 0 Å². The van der Waals surface area contributed by atoms with Crippen LogP contribution in [-0.4, -0.2) is 47.4 Å². The lowest BCUT2D eigenvalue weighted by Crippen LogP contribution is -2.45. The third-order valence-corrected chi connectivity index (χ3v) is 13.8. The average molecular weight is 969 g/mol. The molecule has 0 spiro atoms. The highest BCUT2D eigenvalue weighted by atomic mass is 16.5. The maximum atomic E-state index is 12.4. The molecule has 0 heterocycles. The number of hydrogen-bond donors (Lipinski definition) is 3. The van der Waals surface area contributed by atoms with Crippen LogP contribution in [0.15, 0.2) is 48.6 Å². The lowest BCUT2D eigenvalue weighted by atomic mass is 10.0. The Bertz CT molecular complexity index is 1160. The van der Waals surface area contributed by atoms with Crippen molar-refractivity contribution in [2.45, 2.75) is 328 Å². The standard InChI is InChI=1S/C63H117NO5/c1-3-5-7-9-11-13-14-15-16-17-24-28-31-34-37-41-45-49-53-57-63(68)69-58-54-50-46-42-38-35-32-29-26-23-21-19-18-20-22-25-27-30-33-36-40-44-48-52-56-62(67)64-60(59-65)61(66)55-51-47-43-39-12-10-8-6-4-2/h11,13,15-16,20,22,51,55,60-61,65-66H,3-10,12,14,17-19,21,23-50,52-54,56-59H2,1-2H3,(H,64,67)/b13-11-,16-15-,22-20-,55-51+. The maximum absolute atomic E-state index is 12.4. The Morgan fingerprint density at radius 2 is 0.725 bits per heavy atom. The van der Waals surface area contributed by atoms with Gasteiger partial charge in [-0.15, -0.1) is 0 Å². The van der Waals surface area contributed by atoms with Gasteiger partial charge in [-0.05, 0) is 89.9 Å². The predicted molar refractivity (Wildman–Crippen MR) is 301 cm³/mol. The van der Waals surface area contributed by atoms with Crippen molar-refractivity contribution >= 4 is 11.9 Å². The smallest absolute Gasteiger partial charge is 0.305 e. The van der Waals surface area contributed by atoms with E-state index >= 15 is 0 Å². The Morgan fingerprint density at radius 1 is 0.406 bits per heavy atom. The highest BCUT2D eigenvalue weighted by molar-refractivity contribution is 5.76. The zero-order valence-electron chi connectivity index (χ0n) is 46.0. The summed E-state index contributed by atoms with van der Waals surface area (Å²) in [6.45, 7) is 4.85. The summed E-state index contributed by atoms with van der Waals surface area (Å²) in [5, 5.41) is 22.9. The van der Waals surface area contributed by atoms with E-state index in [0.717, 1.165) is 51.4 Å². The van der Waals surface area contributed by atoms with Crippen LogP contribution < -0.4 is 5.32 Å². The Labute approximate surface area is 429 Å². The van der Waals surface area contributed by atoms with E-state index in [1.54, 1.807) is 6.08 Å². The fourth-order valence-corrected chi connectivity index (χ4v) is 9.13. The number of ether oxygens (including phenoxy) is 1.